The molecular formula is C15H19ClN2O2. The van der Waals surface area contributed by atoms with Crippen LogP contribution in [-0.4, -0.2) is 24.1 Å². The largest absolute Gasteiger partial charge is 0.381 e. The fraction of sp³-hybridized carbons (Fsp3) is 0.600. The summed E-state index contributed by atoms with van der Waals surface area (Å²) in [5, 5.41) is 2.88. The summed E-state index contributed by atoms with van der Waals surface area (Å²) in [4.78, 5) is 16.3. The van der Waals surface area contributed by atoms with Crippen LogP contribution < -0.4 is 5.32 Å². The summed E-state index contributed by atoms with van der Waals surface area (Å²) in [5.41, 5.74) is 2.08. The zero-order valence-electron chi connectivity index (χ0n) is 11.4. The maximum absolute atomic E-state index is 11.8. The van der Waals surface area contributed by atoms with Crippen molar-refractivity contribution in [3.8, 4) is 0 Å². The molecule has 1 N–H and O–H groups in total. The van der Waals surface area contributed by atoms with Crippen LogP contribution in [0.15, 0.2) is 12.1 Å². The van der Waals surface area contributed by atoms with Gasteiger partial charge in [-0.05, 0) is 43.2 Å². The first-order chi connectivity index (χ1) is 9.78. The number of halogens is 1. The number of ether oxygens (including phenoxy) is 1. The number of aromatic nitrogens is 1. The maximum Gasteiger partial charge on any atom is 0.228 e. The van der Waals surface area contributed by atoms with Crippen molar-refractivity contribution in [1.82, 2.24) is 4.98 Å². The Kier molecular flexibility index (Phi) is 4.22. The Morgan fingerprint density at radius 2 is 2.05 bits per heavy atom. The van der Waals surface area contributed by atoms with Crippen LogP contribution >= 0.6 is 11.6 Å². The number of nitrogens with one attached hydrogen (secondary N) is 1. The smallest absolute Gasteiger partial charge is 0.228 e. The predicted octanol–water partition coefficient (Wildman–Crippen LogP) is 3.06. The summed E-state index contributed by atoms with van der Waals surface area (Å²) in [6.07, 6.45) is 4.02. The van der Waals surface area contributed by atoms with E-state index in [0.29, 0.717) is 17.6 Å². The van der Waals surface area contributed by atoms with Gasteiger partial charge in [-0.1, -0.05) is 6.07 Å². The minimum absolute atomic E-state index is 0.0804. The zero-order chi connectivity index (χ0) is 13.9. The van der Waals surface area contributed by atoms with Crippen molar-refractivity contribution in [3.05, 3.63) is 23.4 Å². The third kappa shape index (κ3) is 3.13. The highest BCUT2D eigenvalue weighted by molar-refractivity contribution is 6.17. The predicted molar refractivity (Wildman–Crippen MR) is 77.9 cm³/mol. The van der Waals surface area contributed by atoms with Crippen LogP contribution in [0.2, 0.25) is 0 Å². The van der Waals surface area contributed by atoms with E-state index in [0.717, 1.165) is 44.6 Å². The van der Waals surface area contributed by atoms with Crippen LogP contribution in [0.3, 0.4) is 0 Å². The van der Waals surface area contributed by atoms with Crippen LogP contribution in [0.1, 0.15) is 42.9 Å². The lowest BCUT2D eigenvalue weighted by molar-refractivity contribution is -0.117. The lowest BCUT2D eigenvalue weighted by atomic mass is 9.91. The molecule has 20 heavy (non-hydrogen) atoms. The van der Waals surface area contributed by atoms with Crippen LogP contribution in [0.5, 0.6) is 0 Å². The van der Waals surface area contributed by atoms with Gasteiger partial charge in [-0.25, -0.2) is 4.98 Å². The van der Waals surface area contributed by atoms with E-state index in [4.69, 9.17) is 16.3 Å². The molecule has 1 aromatic rings. The van der Waals surface area contributed by atoms with E-state index in [-0.39, 0.29) is 11.8 Å². The van der Waals surface area contributed by atoms with E-state index < -0.39 is 0 Å². The van der Waals surface area contributed by atoms with Gasteiger partial charge in [0.05, 0.1) is 11.6 Å². The topological polar surface area (TPSA) is 51.2 Å². The van der Waals surface area contributed by atoms with Crippen LogP contribution in [-0.2, 0) is 15.4 Å². The van der Waals surface area contributed by atoms with Crippen molar-refractivity contribution < 1.29 is 9.53 Å². The minimum atomic E-state index is 0.0804. The van der Waals surface area contributed by atoms with Crippen LogP contribution in [0.4, 0.5) is 5.82 Å². The average Bonchev–Trinajstić information content (AvgIpc) is 3.32. The lowest BCUT2D eigenvalue weighted by Crippen LogP contribution is -2.18. The molecule has 0 unspecified atom stereocenters. The van der Waals surface area contributed by atoms with Gasteiger partial charge in [0, 0.05) is 19.1 Å². The molecule has 1 aromatic heterocycles. The monoisotopic (exact) mass is 294 g/mol. The Bertz CT molecular complexity index is 497. The first-order valence-electron chi connectivity index (χ1n) is 7.22. The second-order valence-electron chi connectivity index (χ2n) is 5.52. The molecule has 5 heteroatoms. The molecule has 2 aliphatic rings. The van der Waals surface area contributed by atoms with Crippen LogP contribution in [0.25, 0.3) is 0 Å². The number of alkyl halides is 1. The van der Waals surface area contributed by atoms with E-state index >= 15 is 0 Å². The molecule has 108 valence electrons. The number of amides is 1. The highest BCUT2D eigenvalue weighted by atomic mass is 35.5. The van der Waals surface area contributed by atoms with Gasteiger partial charge < -0.3 is 10.1 Å². The van der Waals surface area contributed by atoms with Crippen molar-refractivity contribution >= 4 is 23.3 Å². The van der Waals surface area contributed by atoms with Crippen molar-refractivity contribution in [2.75, 3.05) is 18.5 Å². The molecule has 0 radical (unpaired) electrons. The number of carbonyl (C=O) groups is 1. The molecular weight excluding hydrogens is 276 g/mol. The molecule has 2 fully saturated rings. The number of nitrogens with zero attached hydrogens (tertiary/aromatic N) is 1. The van der Waals surface area contributed by atoms with E-state index in [2.05, 4.69) is 16.4 Å². The third-order valence-electron chi connectivity index (χ3n) is 4.00. The SMILES string of the molecule is O=C(Nc1ccc(C2CCOCC2)c(CCl)n1)C1CC1. The molecule has 3 rings (SSSR count). The molecule has 1 aliphatic carbocycles. The summed E-state index contributed by atoms with van der Waals surface area (Å²) in [5.74, 6) is 1.73. The normalized spacial score (nSPS) is 19.9. The van der Waals surface area contributed by atoms with Crippen molar-refractivity contribution in [1.29, 1.82) is 0 Å². The zero-order valence-corrected chi connectivity index (χ0v) is 12.2. The Hall–Kier alpha value is -1.13. The number of pyridine rings is 1. The fourth-order valence-electron chi connectivity index (χ4n) is 2.64. The van der Waals surface area contributed by atoms with E-state index in [1.165, 1.54) is 5.56 Å². The quantitative estimate of drug-likeness (QED) is 0.868. The molecule has 4 nitrogen and oxygen atoms in total. The second-order valence-corrected chi connectivity index (χ2v) is 5.78. The Morgan fingerprint density at radius 3 is 2.70 bits per heavy atom. The second kappa shape index (κ2) is 6.10. The summed E-state index contributed by atoms with van der Waals surface area (Å²) < 4.78 is 5.39. The summed E-state index contributed by atoms with van der Waals surface area (Å²) >= 11 is 6.03. The van der Waals surface area contributed by atoms with Crippen molar-refractivity contribution in [2.45, 2.75) is 37.5 Å². The molecule has 1 aliphatic heterocycles. The van der Waals surface area contributed by atoms with Gasteiger partial charge in [0.25, 0.3) is 0 Å². The van der Waals surface area contributed by atoms with Gasteiger partial charge in [-0.15, -0.1) is 11.6 Å². The molecule has 0 aromatic carbocycles. The first kappa shape index (κ1) is 13.8. The molecule has 1 saturated carbocycles. The molecule has 0 spiro atoms. The van der Waals surface area contributed by atoms with Crippen LogP contribution in [0, 0.1) is 5.92 Å². The summed E-state index contributed by atoms with van der Waals surface area (Å²) in [7, 11) is 0. The fourth-order valence-corrected chi connectivity index (χ4v) is 2.86. The summed E-state index contributed by atoms with van der Waals surface area (Å²) in [6.45, 7) is 1.60. The van der Waals surface area contributed by atoms with E-state index in [1.54, 1.807) is 0 Å². The van der Waals surface area contributed by atoms with Crippen molar-refractivity contribution in [3.63, 3.8) is 0 Å². The first-order valence-corrected chi connectivity index (χ1v) is 7.76. The highest BCUT2D eigenvalue weighted by Crippen LogP contribution is 2.32. The Labute approximate surface area is 123 Å². The van der Waals surface area contributed by atoms with Gasteiger partial charge >= 0.3 is 0 Å². The molecule has 1 amide bonds. The summed E-state index contributed by atoms with van der Waals surface area (Å²) in [6, 6.07) is 3.95. The van der Waals surface area contributed by atoms with Gasteiger partial charge in [0.2, 0.25) is 5.91 Å². The Balaban J connectivity index is 1.75. The highest BCUT2D eigenvalue weighted by Gasteiger charge is 2.30. The van der Waals surface area contributed by atoms with E-state index in [9.17, 15) is 4.79 Å². The molecule has 2 heterocycles. The molecule has 0 atom stereocenters. The average molecular weight is 295 g/mol. The van der Waals surface area contributed by atoms with Crippen molar-refractivity contribution in [2.24, 2.45) is 5.92 Å². The maximum atomic E-state index is 11.8. The number of hydrogen-bond donors (Lipinski definition) is 1. The standard InChI is InChI=1S/C15H19ClN2O2/c16-9-13-12(10-5-7-20-8-6-10)3-4-14(17-13)18-15(19)11-1-2-11/h3-4,10-11H,1-2,5-9H2,(H,17,18,19). The number of anilines is 1. The molecule has 0 bridgehead atoms. The lowest BCUT2D eigenvalue weighted by Gasteiger charge is -2.24. The third-order valence-corrected chi connectivity index (χ3v) is 4.25. The minimum Gasteiger partial charge on any atom is -0.381 e. The van der Waals surface area contributed by atoms with Gasteiger partial charge in [0.1, 0.15) is 5.82 Å². The van der Waals surface area contributed by atoms with Gasteiger partial charge in [-0.2, -0.15) is 0 Å². The number of rotatable bonds is 4. The Morgan fingerprint density at radius 1 is 1.30 bits per heavy atom. The molecule has 1 saturated heterocycles. The van der Waals surface area contributed by atoms with Gasteiger partial charge in [0.15, 0.2) is 0 Å². The van der Waals surface area contributed by atoms with Gasteiger partial charge in [-0.3, -0.25) is 4.79 Å². The van der Waals surface area contributed by atoms with E-state index in [1.807, 2.05) is 6.07 Å². The number of carbonyl (C=O) groups excluding carboxylic acids is 1. The number of hydrogen-bond acceptors (Lipinski definition) is 3.